The fourth-order valence-electron chi connectivity index (χ4n) is 4.74. The number of carboxylic acid groups (broad SMARTS) is 1. The van der Waals surface area contributed by atoms with Crippen molar-refractivity contribution in [3.63, 3.8) is 0 Å². The summed E-state index contributed by atoms with van der Waals surface area (Å²) in [6.45, 7) is 1.50. The number of rotatable bonds is 4. The first-order chi connectivity index (χ1) is 14.3. The van der Waals surface area contributed by atoms with E-state index in [9.17, 15) is 24.6 Å². The summed E-state index contributed by atoms with van der Waals surface area (Å²) >= 11 is 0. The number of carbonyl (C=O) groups is 3. The Morgan fingerprint density at radius 3 is 2.61 bits per heavy atom. The molecule has 9 heteroatoms. The summed E-state index contributed by atoms with van der Waals surface area (Å²) in [5, 5.41) is 23.1. The zero-order chi connectivity index (χ0) is 21.3. The van der Waals surface area contributed by atoms with Crippen molar-refractivity contribution >= 4 is 45.3 Å². The summed E-state index contributed by atoms with van der Waals surface area (Å²) in [7, 11) is 0. The molecular formula is C22H17KN2O6. The van der Waals surface area contributed by atoms with E-state index in [0.29, 0.717) is 27.7 Å². The second-order valence-corrected chi connectivity index (χ2v) is 7.72. The number of para-hydroxylation sites is 1. The number of amides is 2. The van der Waals surface area contributed by atoms with Crippen molar-refractivity contribution < 1.29 is 80.4 Å². The molecule has 3 N–H and O–H groups in total. The van der Waals surface area contributed by atoms with E-state index in [1.54, 1.807) is 18.2 Å². The SMILES string of the molecule is C[C@@H](O)[C@H]1C(=O)N2C(C(=O)[O-])=C(c3cc(C(N)=O)c4c(c3)oc3ccccc34)C[C@H]12.[K+]. The molecular weight excluding hydrogens is 427 g/mol. The van der Waals surface area contributed by atoms with Crippen molar-refractivity contribution in [2.75, 3.05) is 0 Å². The number of hydrogen-bond acceptors (Lipinski definition) is 6. The van der Waals surface area contributed by atoms with Gasteiger partial charge < -0.3 is 30.1 Å². The van der Waals surface area contributed by atoms with Gasteiger partial charge in [0.05, 0.1) is 35.3 Å². The average molecular weight is 444 g/mol. The molecule has 2 aliphatic rings. The Morgan fingerprint density at radius 2 is 1.97 bits per heavy atom. The molecule has 5 rings (SSSR count). The molecule has 0 unspecified atom stereocenters. The largest absolute Gasteiger partial charge is 1.00 e. The first-order valence-electron chi connectivity index (χ1n) is 9.50. The van der Waals surface area contributed by atoms with Crippen LogP contribution in [0.2, 0.25) is 0 Å². The van der Waals surface area contributed by atoms with Crippen molar-refractivity contribution in [3.8, 4) is 0 Å². The number of carbonyl (C=O) groups excluding carboxylic acids is 3. The molecule has 0 aliphatic carbocycles. The number of hydrogen-bond donors (Lipinski definition) is 2. The number of carboxylic acids is 1. The van der Waals surface area contributed by atoms with Crippen LogP contribution < -0.4 is 62.2 Å². The first kappa shape index (κ1) is 22.2. The molecule has 0 radical (unpaired) electrons. The minimum absolute atomic E-state index is 0. The second kappa shape index (κ2) is 7.84. The molecule has 31 heavy (non-hydrogen) atoms. The number of furan rings is 1. The summed E-state index contributed by atoms with van der Waals surface area (Å²) in [6, 6.07) is 9.90. The third kappa shape index (κ3) is 3.19. The fourth-order valence-corrected chi connectivity index (χ4v) is 4.74. The van der Waals surface area contributed by atoms with Crippen molar-refractivity contribution in [1.82, 2.24) is 4.90 Å². The van der Waals surface area contributed by atoms with E-state index in [0.717, 1.165) is 10.3 Å². The van der Waals surface area contributed by atoms with Crippen molar-refractivity contribution in [1.29, 1.82) is 0 Å². The quantitative estimate of drug-likeness (QED) is 0.345. The van der Waals surface area contributed by atoms with Gasteiger partial charge in [0.2, 0.25) is 11.8 Å². The molecule has 3 heterocycles. The maximum atomic E-state index is 12.4. The zero-order valence-corrected chi connectivity index (χ0v) is 20.0. The number of nitrogens with two attached hydrogens (primary N) is 1. The molecule has 152 valence electrons. The molecule has 3 aromatic rings. The number of aliphatic hydroxyl groups excluding tert-OH is 1. The summed E-state index contributed by atoms with van der Waals surface area (Å²) < 4.78 is 5.88. The van der Waals surface area contributed by atoms with Gasteiger partial charge in [-0.2, -0.15) is 0 Å². The summed E-state index contributed by atoms with van der Waals surface area (Å²) in [6.07, 6.45) is -0.686. The van der Waals surface area contributed by atoms with Gasteiger partial charge >= 0.3 is 51.4 Å². The third-order valence-corrected chi connectivity index (χ3v) is 6.01. The van der Waals surface area contributed by atoms with Crippen LogP contribution in [0.5, 0.6) is 0 Å². The van der Waals surface area contributed by atoms with Gasteiger partial charge in [-0.15, -0.1) is 0 Å². The maximum Gasteiger partial charge on any atom is 1.00 e. The Hall–Kier alpha value is -2.01. The van der Waals surface area contributed by atoms with Crippen LogP contribution in [0.4, 0.5) is 0 Å². The van der Waals surface area contributed by atoms with E-state index in [1.807, 2.05) is 12.1 Å². The molecule has 2 aliphatic heterocycles. The van der Waals surface area contributed by atoms with E-state index >= 15 is 0 Å². The molecule has 0 spiro atoms. The molecule has 0 saturated carbocycles. The van der Waals surface area contributed by atoms with Gasteiger partial charge in [-0.05, 0) is 42.7 Å². The standard InChI is InChI=1S/C22H18N2O6.K/c1-9(25)17-14-8-12(19(22(28)29)24(14)21(17)27)10-6-13(20(23)26)18-11-4-2-3-5-15(11)30-16(18)7-10;/h2-7,9,14,17,25H,8H2,1H3,(H2,23,26)(H,28,29);/q;+1/p-1/t9-,14-,17-;/m1./s1. The number of primary amides is 1. The Bertz CT molecular complexity index is 1310. The van der Waals surface area contributed by atoms with E-state index < -0.39 is 35.8 Å². The minimum atomic E-state index is -1.49. The number of benzene rings is 2. The van der Waals surface area contributed by atoms with Gasteiger partial charge in [-0.1, -0.05) is 18.2 Å². The van der Waals surface area contributed by atoms with Crippen LogP contribution in [0.25, 0.3) is 27.5 Å². The molecule has 2 aromatic carbocycles. The number of nitrogens with zero attached hydrogens (tertiary/aromatic N) is 1. The first-order valence-corrected chi connectivity index (χ1v) is 9.50. The molecule has 3 atom stereocenters. The number of fused-ring (bicyclic) bond motifs is 4. The molecule has 1 aromatic heterocycles. The second-order valence-electron chi connectivity index (χ2n) is 7.72. The average Bonchev–Trinajstić information content (AvgIpc) is 3.22. The number of β-lactam (4-membered cyclic amide) rings is 1. The predicted molar refractivity (Wildman–Crippen MR) is 105 cm³/mol. The van der Waals surface area contributed by atoms with E-state index in [-0.39, 0.29) is 69.1 Å². The van der Waals surface area contributed by atoms with Crippen LogP contribution in [0.1, 0.15) is 29.3 Å². The van der Waals surface area contributed by atoms with Crippen LogP contribution in [-0.2, 0) is 9.59 Å². The minimum Gasteiger partial charge on any atom is -0.543 e. The summed E-state index contributed by atoms with van der Waals surface area (Å²) in [4.78, 5) is 37.7. The topological polar surface area (TPSA) is 137 Å². The molecule has 0 bridgehead atoms. The number of aliphatic carboxylic acids is 1. The Morgan fingerprint density at radius 1 is 1.26 bits per heavy atom. The van der Waals surface area contributed by atoms with Crippen LogP contribution in [0.15, 0.2) is 46.5 Å². The van der Waals surface area contributed by atoms with Gasteiger partial charge in [-0.25, -0.2) is 0 Å². The smallest absolute Gasteiger partial charge is 0.543 e. The van der Waals surface area contributed by atoms with Crippen LogP contribution in [0, 0.1) is 5.92 Å². The van der Waals surface area contributed by atoms with Gasteiger partial charge in [0.25, 0.3) is 0 Å². The van der Waals surface area contributed by atoms with Crippen LogP contribution >= 0.6 is 0 Å². The van der Waals surface area contributed by atoms with Crippen LogP contribution in [0.3, 0.4) is 0 Å². The Kier molecular flexibility index (Phi) is 5.61. The molecule has 1 saturated heterocycles. The Labute approximate surface area is 219 Å². The monoisotopic (exact) mass is 444 g/mol. The zero-order valence-electron chi connectivity index (χ0n) is 16.9. The van der Waals surface area contributed by atoms with Crippen molar-refractivity contribution in [2.24, 2.45) is 11.7 Å². The number of aliphatic hydroxyl groups is 1. The van der Waals surface area contributed by atoms with E-state index in [1.165, 1.54) is 13.0 Å². The fraction of sp³-hybridized carbons (Fsp3) is 0.227. The summed E-state index contributed by atoms with van der Waals surface area (Å²) in [5.74, 6) is -3.30. The van der Waals surface area contributed by atoms with E-state index in [4.69, 9.17) is 10.2 Å². The molecule has 2 amide bonds. The summed E-state index contributed by atoms with van der Waals surface area (Å²) in [5.41, 5.74) is 7.30. The van der Waals surface area contributed by atoms with Gasteiger partial charge in [0.1, 0.15) is 11.2 Å². The molecule has 8 nitrogen and oxygen atoms in total. The predicted octanol–water partition coefficient (Wildman–Crippen LogP) is -2.24. The van der Waals surface area contributed by atoms with Crippen molar-refractivity contribution in [2.45, 2.75) is 25.5 Å². The normalized spacial score (nSPS) is 21.1. The third-order valence-electron chi connectivity index (χ3n) is 6.01. The molecule has 1 fully saturated rings. The van der Waals surface area contributed by atoms with Crippen LogP contribution in [-0.4, -0.2) is 39.9 Å². The van der Waals surface area contributed by atoms with Crippen molar-refractivity contribution in [3.05, 3.63) is 53.2 Å². The van der Waals surface area contributed by atoms with Gasteiger partial charge in [0.15, 0.2) is 0 Å². The maximum absolute atomic E-state index is 12.4. The van der Waals surface area contributed by atoms with Gasteiger partial charge in [-0.3, -0.25) is 9.59 Å². The Balaban J connectivity index is 0.00000231. The van der Waals surface area contributed by atoms with E-state index in [2.05, 4.69) is 0 Å². The van der Waals surface area contributed by atoms with Gasteiger partial charge in [0, 0.05) is 10.8 Å².